The third-order valence-corrected chi connectivity index (χ3v) is 8.74. The van der Waals surface area contributed by atoms with Gasteiger partial charge in [0.05, 0.1) is 10.8 Å². The van der Waals surface area contributed by atoms with Gasteiger partial charge in [-0.15, -0.1) is 0 Å². The monoisotopic (exact) mass is 386 g/mol. The lowest BCUT2D eigenvalue weighted by atomic mass is 9.59. The van der Waals surface area contributed by atoms with Gasteiger partial charge in [0, 0.05) is 11.5 Å². The van der Waals surface area contributed by atoms with Crippen LogP contribution in [0.3, 0.4) is 0 Å². The van der Waals surface area contributed by atoms with E-state index in [1.54, 1.807) is 13.8 Å². The van der Waals surface area contributed by atoms with Crippen molar-refractivity contribution in [2.45, 2.75) is 93.1 Å². The second-order valence-corrected chi connectivity index (χ2v) is 12.0. The number of fused-ring (bicyclic) bond motifs is 2. The van der Waals surface area contributed by atoms with Gasteiger partial charge in [-0.2, -0.15) is 0 Å². The van der Waals surface area contributed by atoms with Gasteiger partial charge in [0.15, 0.2) is 11.6 Å². The van der Waals surface area contributed by atoms with Crippen LogP contribution in [0.5, 0.6) is 0 Å². The van der Waals surface area contributed by atoms with E-state index in [4.69, 9.17) is 4.74 Å². The molecule has 0 aromatic rings. The van der Waals surface area contributed by atoms with Gasteiger partial charge < -0.3 is 4.74 Å². The highest BCUT2D eigenvalue weighted by atomic mass is 16.5. The number of hydrogen-bond acceptors (Lipinski definition) is 3. The van der Waals surface area contributed by atoms with E-state index in [9.17, 15) is 9.59 Å². The Kier molecular flexibility index (Phi) is 4.13. The number of Topliss-reactive ketones (excluding diaryl/α,β-unsaturated/α-hetero) is 2. The summed E-state index contributed by atoms with van der Waals surface area (Å²) in [6, 6.07) is 0. The minimum Gasteiger partial charge on any atom is -0.490 e. The van der Waals surface area contributed by atoms with Gasteiger partial charge in [-0.25, -0.2) is 0 Å². The molecule has 0 unspecified atom stereocenters. The molecule has 0 radical (unpaired) electrons. The SMILES string of the molecule is CC(C)C[C@H]1C[C@]2(CC[C@]3(C(C)C)C[C@H]23)OC2=C1C(=O)C(C)(C)C(=O)C2(C)C. The molecule has 0 bridgehead atoms. The fourth-order valence-electron chi connectivity index (χ4n) is 7.07. The average molecular weight is 387 g/mol. The first kappa shape index (κ1) is 20.2. The maximum Gasteiger partial charge on any atom is 0.175 e. The van der Waals surface area contributed by atoms with Crippen molar-refractivity contribution in [2.24, 2.45) is 39.9 Å². The van der Waals surface area contributed by atoms with Crippen LogP contribution in [0.25, 0.3) is 0 Å². The smallest absolute Gasteiger partial charge is 0.175 e. The molecule has 4 aliphatic rings. The molecule has 3 heteroatoms. The molecule has 0 saturated heterocycles. The van der Waals surface area contributed by atoms with E-state index in [1.807, 2.05) is 13.8 Å². The standard InChI is InChI=1S/C25H38O3/c1-14(2)11-16-12-25(10-9-24(15(3)4)13-17(24)25)28-20-18(16)19(26)22(5,6)21(27)23(20,7)8/h14-17H,9-13H2,1-8H3/t16-,17-,24+,25-/m0/s1. The van der Waals surface area contributed by atoms with Crippen LogP contribution in [-0.4, -0.2) is 17.2 Å². The second kappa shape index (κ2) is 5.73. The van der Waals surface area contributed by atoms with Gasteiger partial charge >= 0.3 is 0 Å². The van der Waals surface area contributed by atoms with Crippen molar-refractivity contribution in [3.8, 4) is 0 Å². The fraction of sp³-hybridized carbons (Fsp3) is 0.840. The second-order valence-electron chi connectivity index (χ2n) is 12.0. The van der Waals surface area contributed by atoms with E-state index in [0.717, 1.165) is 30.6 Å². The molecule has 1 spiro atoms. The molecule has 0 N–H and O–H groups in total. The normalized spacial score (nSPS) is 40.8. The summed E-state index contributed by atoms with van der Waals surface area (Å²) in [5.74, 6) is 2.72. The molecule has 156 valence electrons. The van der Waals surface area contributed by atoms with E-state index in [2.05, 4.69) is 27.7 Å². The van der Waals surface area contributed by atoms with Crippen molar-refractivity contribution in [1.29, 1.82) is 0 Å². The maximum atomic E-state index is 13.5. The first-order valence-electron chi connectivity index (χ1n) is 11.3. The summed E-state index contributed by atoms with van der Waals surface area (Å²) in [6.07, 6.45) is 5.49. The lowest BCUT2D eigenvalue weighted by Gasteiger charge is -2.50. The fourth-order valence-corrected chi connectivity index (χ4v) is 7.07. The Morgan fingerprint density at radius 2 is 1.61 bits per heavy atom. The number of ketones is 2. The lowest BCUT2D eigenvalue weighted by Crippen LogP contribution is -2.55. The summed E-state index contributed by atoms with van der Waals surface area (Å²) < 4.78 is 6.87. The zero-order valence-electron chi connectivity index (χ0n) is 19.1. The van der Waals surface area contributed by atoms with Crippen LogP contribution in [0.1, 0.15) is 87.5 Å². The highest BCUT2D eigenvalue weighted by molar-refractivity contribution is 6.19. The van der Waals surface area contributed by atoms with Crippen LogP contribution in [-0.2, 0) is 14.3 Å². The predicted molar refractivity (Wildman–Crippen MR) is 111 cm³/mol. The lowest BCUT2D eigenvalue weighted by molar-refractivity contribution is -0.152. The molecule has 3 nitrogen and oxygen atoms in total. The third-order valence-electron chi connectivity index (χ3n) is 8.74. The summed E-state index contributed by atoms with van der Waals surface area (Å²) >= 11 is 0. The largest absolute Gasteiger partial charge is 0.490 e. The van der Waals surface area contributed by atoms with Crippen LogP contribution < -0.4 is 0 Å². The van der Waals surface area contributed by atoms with Crippen molar-refractivity contribution in [3.05, 3.63) is 11.3 Å². The Bertz CT molecular complexity index is 769. The summed E-state index contributed by atoms with van der Waals surface area (Å²) in [5, 5.41) is 0. The molecule has 1 aliphatic heterocycles. The summed E-state index contributed by atoms with van der Waals surface area (Å²) in [5.41, 5.74) is -0.582. The molecule has 4 atom stereocenters. The number of allylic oxidation sites excluding steroid dienone is 2. The van der Waals surface area contributed by atoms with Crippen molar-refractivity contribution in [1.82, 2.24) is 0 Å². The highest BCUT2D eigenvalue weighted by Gasteiger charge is 2.73. The van der Waals surface area contributed by atoms with Gasteiger partial charge in [0.1, 0.15) is 11.4 Å². The summed E-state index contributed by atoms with van der Waals surface area (Å²) in [7, 11) is 0. The first-order chi connectivity index (χ1) is 12.8. The predicted octanol–water partition coefficient (Wildman–Crippen LogP) is 5.72. The van der Waals surface area contributed by atoms with E-state index in [1.165, 1.54) is 12.8 Å². The van der Waals surface area contributed by atoms with Crippen molar-refractivity contribution in [3.63, 3.8) is 0 Å². The molecule has 28 heavy (non-hydrogen) atoms. The van der Waals surface area contributed by atoms with Crippen LogP contribution in [0.2, 0.25) is 0 Å². The van der Waals surface area contributed by atoms with E-state index >= 15 is 0 Å². The van der Waals surface area contributed by atoms with Crippen LogP contribution >= 0.6 is 0 Å². The van der Waals surface area contributed by atoms with Crippen LogP contribution in [0.15, 0.2) is 11.3 Å². The third kappa shape index (κ3) is 2.40. The van der Waals surface area contributed by atoms with Crippen LogP contribution in [0, 0.1) is 39.9 Å². The Morgan fingerprint density at radius 3 is 2.11 bits per heavy atom. The molecule has 1 heterocycles. The Balaban J connectivity index is 1.83. The minimum atomic E-state index is -0.956. The van der Waals surface area contributed by atoms with Gasteiger partial charge in [0.25, 0.3) is 0 Å². The van der Waals surface area contributed by atoms with Gasteiger partial charge in [-0.3, -0.25) is 9.59 Å². The molecule has 0 aromatic heterocycles. The summed E-state index contributed by atoms with van der Waals surface area (Å²) in [6.45, 7) is 16.7. The Morgan fingerprint density at radius 1 is 0.964 bits per heavy atom. The van der Waals surface area contributed by atoms with Gasteiger partial charge in [0.2, 0.25) is 0 Å². The topological polar surface area (TPSA) is 43.4 Å². The Labute approximate surface area is 170 Å². The molecular formula is C25H38O3. The zero-order chi connectivity index (χ0) is 20.9. The summed E-state index contributed by atoms with van der Waals surface area (Å²) in [4.78, 5) is 26.8. The number of carbonyl (C=O) groups excluding carboxylic acids is 2. The quantitative estimate of drug-likeness (QED) is 0.582. The van der Waals surface area contributed by atoms with Crippen molar-refractivity contribution in [2.75, 3.05) is 0 Å². The first-order valence-corrected chi connectivity index (χ1v) is 11.3. The van der Waals surface area contributed by atoms with Gasteiger partial charge in [-0.1, -0.05) is 27.7 Å². The highest BCUT2D eigenvalue weighted by Crippen LogP contribution is 2.75. The van der Waals surface area contributed by atoms with Crippen molar-refractivity contribution >= 4 is 11.6 Å². The number of carbonyl (C=O) groups is 2. The molecule has 2 fully saturated rings. The molecule has 3 aliphatic carbocycles. The minimum absolute atomic E-state index is 0.00742. The number of hydrogen-bond donors (Lipinski definition) is 0. The van der Waals surface area contributed by atoms with Crippen LogP contribution in [0.4, 0.5) is 0 Å². The Hall–Kier alpha value is -1.12. The maximum absolute atomic E-state index is 13.5. The number of ether oxygens (including phenoxy) is 1. The molecule has 4 rings (SSSR count). The van der Waals surface area contributed by atoms with E-state index < -0.39 is 10.8 Å². The zero-order valence-corrected chi connectivity index (χ0v) is 19.1. The molecular weight excluding hydrogens is 348 g/mol. The van der Waals surface area contributed by atoms with E-state index in [-0.39, 0.29) is 23.1 Å². The number of rotatable bonds is 3. The molecule has 2 saturated carbocycles. The van der Waals surface area contributed by atoms with Gasteiger partial charge in [-0.05, 0) is 83.0 Å². The average Bonchev–Trinajstić information content (AvgIpc) is 3.27. The van der Waals surface area contributed by atoms with E-state index in [0.29, 0.717) is 23.2 Å². The molecule has 0 amide bonds. The molecule has 0 aromatic carbocycles. The van der Waals surface area contributed by atoms with Crippen molar-refractivity contribution < 1.29 is 14.3 Å².